The maximum Gasteiger partial charge on any atom is 0.254 e. The van der Waals surface area contributed by atoms with Crippen LogP contribution in [0.5, 0.6) is 0 Å². The molecule has 1 aromatic carbocycles. The molecule has 1 saturated heterocycles. The van der Waals surface area contributed by atoms with Gasteiger partial charge in [0.1, 0.15) is 5.82 Å². The zero-order valence-electron chi connectivity index (χ0n) is 13.6. The van der Waals surface area contributed by atoms with Crippen molar-refractivity contribution in [2.75, 3.05) is 19.6 Å². The molecule has 1 amide bonds. The molecule has 1 aliphatic rings. The number of benzene rings is 1. The Labute approximate surface area is 132 Å². The van der Waals surface area contributed by atoms with Gasteiger partial charge >= 0.3 is 0 Å². The minimum absolute atomic E-state index is 0.129. The SMILES string of the molecule is CC(C)CC(CNC(=O)c1ccccc1F)N1CCCCC1. The molecule has 4 heteroatoms. The number of carbonyl (C=O) groups is 1. The maximum absolute atomic E-state index is 13.7. The van der Waals surface area contributed by atoms with Crippen molar-refractivity contribution in [1.29, 1.82) is 0 Å². The van der Waals surface area contributed by atoms with Gasteiger partial charge in [0.2, 0.25) is 0 Å². The molecule has 0 bridgehead atoms. The zero-order valence-corrected chi connectivity index (χ0v) is 13.6. The van der Waals surface area contributed by atoms with Crippen molar-refractivity contribution in [3.8, 4) is 0 Å². The van der Waals surface area contributed by atoms with Gasteiger partial charge < -0.3 is 5.32 Å². The lowest BCUT2D eigenvalue weighted by Crippen LogP contribution is -2.46. The summed E-state index contributed by atoms with van der Waals surface area (Å²) in [6.07, 6.45) is 4.82. The number of hydrogen-bond acceptors (Lipinski definition) is 2. The van der Waals surface area contributed by atoms with E-state index >= 15 is 0 Å². The third kappa shape index (κ3) is 4.80. The molecule has 2 rings (SSSR count). The van der Waals surface area contributed by atoms with Gasteiger partial charge in [0.05, 0.1) is 5.56 Å². The van der Waals surface area contributed by atoms with Crippen LogP contribution in [0.4, 0.5) is 4.39 Å². The van der Waals surface area contributed by atoms with Crippen LogP contribution in [0.3, 0.4) is 0 Å². The fourth-order valence-electron chi connectivity index (χ4n) is 3.14. The summed E-state index contributed by atoms with van der Waals surface area (Å²) < 4.78 is 13.7. The molecular formula is C18H27FN2O. The summed E-state index contributed by atoms with van der Waals surface area (Å²) in [5.74, 6) is -0.195. The van der Waals surface area contributed by atoms with Gasteiger partial charge in [-0.1, -0.05) is 32.4 Å². The molecule has 1 unspecified atom stereocenters. The van der Waals surface area contributed by atoms with E-state index in [1.165, 1.54) is 31.4 Å². The van der Waals surface area contributed by atoms with Crippen LogP contribution in [0.15, 0.2) is 24.3 Å². The fourth-order valence-corrected chi connectivity index (χ4v) is 3.14. The van der Waals surface area contributed by atoms with Crippen LogP contribution >= 0.6 is 0 Å². The molecular weight excluding hydrogens is 279 g/mol. The minimum atomic E-state index is -0.460. The first-order chi connectivity index (χ1) is 10.6. The Morgan fingerprint density at radius 1 is 1.23 bits per heavy atom. The quantitative estimate of drug-likeness (QED) is 0.873. The number of nitrogens with one attached hydrogen (secondary N) is 1. The van der Waals surface area contributed by atoms with Crippen LogP contribution in [-0.2, 0) is 0 Å². The second kappa shape index (κ2) is 8.28. The second-order valence-corrected chi connectivity index (χ2v) is 6.57. The molecule has 1 N–H and O–H groups in total. The van der Waals surface area contributed by atoms with Gasteiger partial charge in [-0.2, -0.15) is 0 Å². The molecule has 0 aliphatic carbocycles. The van der Waals surface area contributed by atoms with Crippen molar-refractivity contribution < 1.29 is 9.18 Å². The summed E-state index contributed by atoms with van der Waals surface area (Å²) in [5.41, 5.74) is 0.129. The van der Waals surface area contributed by atoms with Gasteiger partial charge in [-0.05, 0) is 50.4 Å². The molecule has 0 aromatic heterocycles. The maximum atomic E-state index is 13.7. The highest BCUT2D eigenvalue weighted by Crippen LogP contribution is 2.17. The molecule has 1 heterocycles. The summed E-state index contributed by atoms with van der Waals surface area (Å²) in [6.45, 7) is 7.20. The fraction of sp³-hybridized carbons (Fsp3) is 0.611. The monoisotopic (exact) mass is 306 g/mol. The van der Waals surface area contributed by atoms with Crippen molar-refractivity contribution in [3.63, 3.8) is 0 Å². The molecule has 0 spiro atoms. The molecule has 0 saturated carbocycles. The Bertz CT molecular complexity index is 484. The number of rotatable bonds is 6. The molecule has 1 aromatic rings. The van der Waals surface area contributed by atoms with Crippen molar-refractivity contribution in [3.05, 3.63) is 35.6 Å². The summed E-state index contributed by atoms with van der Waals surface area (Å²) in [6, 6.07) is 6.49. The highest BCUT2D eigenvalue weighted by molar-refractivity contribution is 5.94. The summed E-state index contributed by atoms with van der Waals surface area (Å²) in [7, 11) is 0. The third-order valence-electron chi connectivity index (χ3n) is 4.27. The van der Waals surface area contributed by atoms with E-state index in [2.05, 4.69) is 24.1 Å². The van der Waals surface area contributed by atoms with E-state index in [0.717, 1.165) is 19.5 Å². The number of halogens is 1. The Hall–Kier alpha value is -1.42. The molecule has 122 valence electrons. The summed E-state index contributed by atoms with van der Waals surface area (Å²) >= 11 is 0. The van der Waals surface area contributed by atoms with E-state index in [9.17, 15) is 9.18 Å². The van der Waals surface area contributed by atoms with Gasteiger partial charge in [0.25, 0.3) is 5.91 Å². The van der Waals surface area contributed by atoms with Crippen molar-refractivity contribution >= 4 is 5.91 Å². The number of amides is 1. The minimum Gasteiger partial charge on any atom is -0.350 e. The molecule has 1 aliphatic heterocycles. The molecule has 22 heavy (non-hydrogen) atoms. The van der Waals surface area contributed by atoms with E-state index in [1.807, 2.05) is 0 Å². The Kier molecular flexibility index (Phi) is 6.37. The van der Waals surface area contributed by atoms with Crippen LogP contribution in [0, 0.1) is 11.7 Å². The first-order valence-corrected chi connectivity index (χ1v) is 8.34. The van der Waals surface area contributed by atoms with Crippen molar-refractivity contribution in [1.82, 2.24) is 10.2 Å². The van der Waals surface area contributed by atoms with Crippen LogP contribution < -0.4 is 5.32 Å². The van der Waals surface area contributed by atoms with E-state index in [0.29, 0.717) is 18.5 Å². The van der Waals surface area contributed by atoms with Crippen LogP contribution in [0.1, 0.15) is 49.9 Å². The topological polar surface area (TPSA) is 32.3 Å². The molecule has 0 radical (unpaired) electrons. The highest BCUT2D eigenvalue weighted by atomic mass is 19.1. The first kappa shape index (κ1) is 16.9. The van der Waals surface area contributed by atoms with Crippen LogP contribution in [-0.4, -0.2) is 36.5 Å². The zero-order chi connectivity index (χ0) is 15.9. The second-order valence-electron chi connectivity index (χ2n) is 6.57. The lowest BCUT2D eigenvalue weighted by Gasteiger charge is -2.35. The number of piperidine rings is 1. The van der Waals surface area contributed by atoms with Gasteiger partial charge in [-0.25, -0.2) is 4.39 Å². The lowest BCUT2D eigenvalue weighted by molar-refractivity contribution is 0.0909. The third-order valence-corrected chi connectivity index (χ3v) is 4.27. The van der Waals surface area contributed by atoms with E-state index in [4.69, 9.17) is 0 Å². The van der Waals surface area contributed by atoms with Gasteiger partial charge in [-0.3, -0.25) is 9.69 Å². The average Bonchev–Trinajstić information content (AvgIpc) is 2.52. The van der Waals surface area contributed by atoms with Gasteiger partial charge in [-0.15, -0.1) is 0 Å². The van der Waals surface area contributed by atoms with E-state index < -0.39 is 5.82 Å². The van der Waals surface area contributed by atoms with Crippen LogP contribution in [0.25, 0.3) is 0 Å². The number of hydrogen-bond donors (Lipinski definition) is 1. The van der Waals surface area contributed by atoms with Crippen molar-refractivity contribution in [2.45, 2.75) is 45.6 Å². The lowest BCUT2D eigenvalue weighted by atomic mass is 9.99. The first-order valence-electron chi connectivity index (χ1n) is 8.34. The number of nitrogens with zero attached hydrogens (tertiary/aromatic N) is 1. The van der Waals surface area contributed by atoms with Gasteiger partial charge in [0, 0.05) is 12.6 Å². The Morgan fingerprint density at radius 3 is 2.55 bits per heavy atom. The summed E-state index contributed by atoms with van der Waals surface area (Å²) in [4.78, 5) is 14.6. The largest absolute Gasteiger partial charge is 0.350 e. The molecule has 3 nitrogen and oxygen atoms in total. The predicted octanol–water partition coefficient (Wildman–Crippen LogP) is 3.46. The highest BCUT2D eigenvalue weighted by Gasteiger charge is 2.22. The standard InChI is InChI=1S/C18H27FN2O/c1-14(2)12-15(21-10-6-3-7-11-21)13-20-18(22)16-8-4-5-9-17(16)19/h4-5,8-9,14-15H,3,6-7,10-13H2,1-2H3,(H,20,22). The molecule has 1 fully saturated rings. The Balaban J connectivity index is 1.95. The van der Waals surface area contributed by atoms with E-state index in [-0.39, 0.29) is 11.5 Å². The number of likely N-dealkylation sites (tertiary alicyclic amines) is 1. The number of carbonyl (C=O) groups excluding carboxylic acids is 1. The van der Waals surface area contributed by atoms with Crippen LogP contribution in [0.2, 0.25) is 0 Å². The van der Waals surface area contributed by atoms with Crippen molar-refractivity contribution in [2.24, 2.45) is 5.92 Å². The van der Waals surface area contributed by atoms with E-state index in [1.54, 1.807) is 12.1 Å². The summed E-state index contributed by atoms with van der Waals surface area (Å²) in [5, 5.41) is 2.92. The normalized spacial score (nSPS) is 17.5. The molecule has 1 atom stereocenters. The predicted molar refractivity (Wildman–Crippen MR) is 87.4 cm³/mol. The average molecular weight is 306 g/mol. The Morgan fingerprint density at radius 2 is 1.91 bits per heavy atom. The smallest absolute Gasteiger partial charge is 0.254 e. The van der Waals surface area contributed by atoms with Gasteiger partial charge in [0.15, 0.2) is 0 Å².